The largest absolute Gasteiger partial charge is 0.383 e. The van der Waals surface area contributed by atoms with Gasteiger partial charge in [-0.25, -0.2) is 0 Å². The molecule has 17 heavy (non-hydrogen) atoms. The molecule has 0 aliphatic heterocycles. The Morgan fingerprint density at radius 2 is 1.88 bits per heavy atom. The van der Waals surface area contributed by atoms with Crippen LogP contribution in [0.2, 0.25) is 0 Å². The zero-order valence-electron chi connectivity index (χ0n) is 10.6. The molecule has 3 nitrogen and oxygen atoms in total. The number of hydrogen-bond acceptors (Lipinski definition) is 2. The first-order valence-electron chi connectivity index (χ1n) is 5.94. The van der Waals surface area contributed by atoms with Crippen LogP contribution in [0.3, 0.4) is 0 Å². The summed E-state index contributed by atoms with van der Waals surface area (Å²) in [6.07, 6.45) is 2.93. The lowest BCUT2D eigenvalue weighted by molar-refractivity contribution is 0.647. The maximum absolute atomic E-state index is 5.95. The number of aryl methyl sites for hydroxylation is 1. The van der Waals surface area contributed by atoms with Gasteiger partial charge >= 0.3 is 0 Å². The quantitative estimate of drug-likeness (QED) is 0.879. The summed E-state index contributed by atoms with van der Waals surface area (Å²) in [5.41, 5.74) is 9.45. The zero-order chi connectivity index (χ0) is 12.4. The Morgan fingerprint density at radius 1 is 1.24 bits per heavy atom. The molecule has 0 saturated carbocycles. The minimum absolute atomic E-state index is 0.685. The molecular weight excluding hydrogens is 210 g/mol. The molecule has 0 saturated heterocycles. The highest BCUT2D eigenvalue weighted by molar-refractivity contribution is 5.73. The summed E-state index contributed by atoms with van der Waals surface area (Å²) in [4.78, 5) is 0. The lowest BCUT2D eigenvalue weighted by atomic mass is 10.00. The number of nitrogen functional groups attached to an aromatic ring is 1. The van der Waals surface area contributed by atoms with Crippen LogP contribution in [0.5, 0.6) is 0 Å². The Balaban J connectivity index is 2.26. The van der Waals surface area contributed by atoms with E-state index in [2.05, 4.69) is 43.2 Å². The molecular formula is C14H19N3. The van der Waals surface area contributed by atoms with Gasteiger partial charge in [-0.1, -0.05) is 38.1 Å². The molecule has 0 unspecified atom stereocenters. The number of nitrogens with zero attached hydrogens (tertiary/aromatic N) is 2. The molecule has 0 atom stereocenters. The van der Waals surface area contributed by atoms with E-state index in [1.165, 1.54) is 5.56 Å². The second-order valence-corrected chi connectivity index (χ2v) is 4.86. The maximum atomic E-state index is 5.95. The normalized spacial score (nSPS) is 11.1. The summed E-state index contributed by atoms with van der Waals surface area (Å²) in [5, 5.41) is 4.16. The van der Waals surface area contributed by atoms with Crippen LogP contribution in [-0.2, 0) is 13.5 Å². The predicted octanol–water partition coefficient (Wildman–Crippen LogP) is 2.87. The van der Waals surface area contributed by atoms with E-state index in [9.17, 15) is 0 Å². The number of nitrogens with two attached hydrogens (primary N) is 1. The van der Waals surface area contributed by atoms with E-state index in [0.717, 1.165) is 17.5 Å². The van der Waals surface area contributed by atoms with Crippen LogP contribution in [0.1, 0.15) is 19.4 Å². The van der Waals surface area contributed by atoms with E-state index < -0.39 is 0 Å². The van der Waals surface area contributed by atoms with Crippen LogP contribution in [0.25, 0.3) is 11.1 Å². The van der Waals surface area contributed by atoms with Crippen LogP contribution in [0.4, 0.5) is 5.82 Å². The monoisotopic (exact) mass is 229 g/mol. The summed E-state index contributed by atoms with van der Waals surface area (Å²) in [7, 11) is 1.85. The van der Waals surface area contributed by atoms with Crippen LogP contribution in [-0.4, -0.2) is 9.78 Å². The van der Waals surface area contributed by atoms with Gasteiger partial charge in [0.25, 0.3) is 0 Å². The summed E-state index contributed by atoms with van der Waals surface area (Å²) in [5.74, 6) is 1.39. The van der Waals surface area contributed by atoms with E-state index in [1.54, 1.807) is 4.68 Å². The van der Waals surface area contributed by atoms with Crippen molar-refractivity contribution in [3.63, 3.8) is 0 Å². The van der Waals surface area contributed by atoms with E-state index in [-0.39, 0.29) is 0 Å². The molecule has 3 heteroatoms. The number of benzene rings is 1. The van der Waals surface area contributed by atoms with Gasteiger partial charge in [-0.05, 0) is 23.5 Å². The number of anilines is 1. The highest BCUT2D eigenvalue weighted by Crippen LogP contribution is 2.25. The maximum Gasteiger partial charge on any atom is 0.129 e. The van der Waals surface area contributed by atoms with Crippen LogP contribution in [0, 0.1) is 5.92 Å². The standard InChI is InChI=1S/C14H19N3/c1-10(2)8-11-4-6-12(7-5-11)13-9-16-17(3)14(13)15/h4-7,9-10H,8,15H2,1-3H3. The third kappa shape index (κ3) is 2.49. The first-order valence-corrected chi connectivity index (χ1v) is 5.94. The summed E-state index contributed by atoms with van der Waals surface area (Å²) >= 11 is 0. The van der Waals surface area contributed by atoms with Gasteiger partial charge in [0.2, 0.25) is 0 Å². The lowest BCUT2D eigenvalue weighted by Crippen LogP contribution is -1.98. The van der Waals surface area contributed by atoms with Gasteiger partial charge in [0, 0.05) is 12.6 Å². The lowest BCUT2D eigenvalue weighted by Gasteiger charge is -2.06. The number of aromatic nitrogens is 2. The third-order valence-electron chi connectivity index (χ3n) is 2.89. The van der Waals surface area contributed by atoms with E-state index in [1.807, 2.05) is 13.2 Å². The minimum atomic E-state index is 0.685. The van der Waals surface area contributed by atoms with Crippen LogP contribution in [0.15, 0.2) is 30.5 Å². The number of hydrogen-bond donors (Lipinski definition) is 1. The summed E-state index contributed by atoms with van der Waals surface area (Å²) in [6, 6.07) is 8.57. The SMILES string of the molecule is CC(C)Cc1ccc(-c2cnn(C)c2N)cc1. The average Bonchev–Trinajstić information content (AvgIpc) is 2.60. The summed E-state index contributed by atoms with van der Waals surface area (Å²) in [6.45, 7) is 4.46. The van der Waals surface area contributed by atoms with Crippen molar-refractivity contribution >= 4 is 5.82 Å². The Bertz CT molecular complexity index is 495. The fourth-order valence-electron chi connectivity index (χ4n) is 1.96. The average molecular weight is 229 g/mol. The first kappa shape index (κ1) is 11.7. The fourth-order valence-corrected chi connectivity index (χ4v) is 1.96. The van der Waals surface area contributed by atoms with E-state index >= 15 is 0 Å². The highest BCUT2D eigenvalue weighted by Gasteiger charge is 2.07. The Labute approximate surface area is 102 Å². The molecule has 1 heterocycles. The van der Waals surface area contributed by atoms with Crippen molar-refractivity contribution in [1.82, 2.24) is 9.78 Å². The molecule has 0 radical (unpaired) electrons. The van der Waals surface area contributed by atoms with Crippen LogP contribution < -0.4 is 5.73 Å². The molecule has 0 aliphatic rings. The van der Waals surface area contributed by atoms with Crippen molar-refractivity contribution in [2.45, 2.75) is 20.3 Å². The van der Waals surface area contributed by atoms with Crippen molar-refractivity contribution in [3.8, 4) is 11.1 Å². The first-order chi connectivity index (χ1) is 8.08. The molecule has 1 aromatic carbocycles. The van der Waals surface area contributed by atoms with Crippen molar-refractivity contribution in [3.05, 3.63) is 36.0 Å². The highest BCUT2D eigenvalue weighted by atomic mass is 15.3. The Hall–Kier alpha value is -1.77. The van der Waals surface area contributed by atoms with Gasteiger partial charge in [0.15, 0.2) is 0 Å². The molecule has 1 aromatic heterocycles. The van der Waals surface area contributed by atoms with Gasteiger partial charge in [-0.3, -0.25) is 4.68 Å². The molecule has 0 fully saturated rings. The van der Waals surface area contributed by atoms with Gasteiger partial charge < -0.3 is 5.73 Å². The van der Waals surface area contributed by atoms with Gasteiger partial charge in [0.05, 0.1) is 6.20 Å². The topological polar surface area (TPSA) is 43.8 Å². The molecule has 0 bridgehead atoms. The van der Waals surface area contributed by atoms with E-state index in [0.29, 0.717) is 11.7 Å². The van der Waals surface area contributed by atoms with Gasteiger partial charge in [-0.15, -0.1) is 0 Å². The minimum Gasteiger partial charge on any atom is -0.383 e. The zero-order valence-corrected chi connectivity index (χ0v) is 10.6. The summed E-state index contributed by atoms with van der Waals surface area (Å²) < 4.78 is 1.69. The molecule has 2 rings (SSSR count). The Kier molecular flexibility index (Phi) is 3.18. The van der Waals surface area contributed by atoms with Gasteiger partial charge in [-0.2, -0.15) is 5.10 Å². The molecule has 2 aromatic rings. The second-order valence-electron chi connectivity index (χ2n) is 4.86. The van der Waals surface area contributed by atoms with Crippen molar-refractivity contribution in [1.29, 1.82) is 0 Å². The molecule has 0 aliphatic carbocycles. The molecule has 0 spiro atoms. The predicted molar refractivity (Wildman–Crippen MR) is 71.6 cm³/mol. The Morgan fingerprint density at radius 3 is 2.35 bits per heavy atom. The molecule has 2 N–H and O–H groups in total. The molecule has 90 valence electrons. The molecule has 0 amide bonds. The van der Waals surface area contributed by atoms with Crippen molar-refractivity contribution in [2.75, 3.05) is 5.73 Å². The van der Waals surface area contributed by atoms with Gasteiger partial charge in [0.1, 0.15) is 5.82 Å². The number of rotatable bonds is 3. The van der Waals surface area contributed by atoms with Crippen molar-refractivity contribution < 1.29 is 0 Å². The smallest absolute Gasteiger partial charge is 0.129 e. The third-order valence-corrected chi connectivity index (χ3v) is 2.89. The van der Waals surface area contributed by atoms with Crippen LogP contribution >= 0.6 is 0 Å². The fraction of sp³-hybridized carbons (Fsp3) is 0.357. The second kappa shape index (κ2) is 4.62. The van der Waals surface area contributed by atoms with Crippen molar-refractivity contribution in [2.24, 2.45) is 13.0 Å². The van der Waals surface area contributed by atoms with E-state index in [4.69, 9.17) is 5.73 Å².